The summed E-state index contributed by atoms with van der Waals surface area (Å²) in [5.74, 6) is 0.626. The SMILES string of the molecule is COC(=O)CN1CCN(c2ccnc(Cl)n2)CC1. The molecule has 2 heterocycles. The fourth-order valence-corrected chi connectivity index (χ4v) is 2.03. The molecular weight excluding hydrogens is 256 g/mol. The van der Waals surface area contributed by atoms with E-state index in [1.54, 1.807) is 6.20 Å². The van der Waals surface area contributed by atoms with Gasteiger partial charge < -0.3 is 9.64 Å². The van der Waals surface area contributed by atoms with E-state index in [-0.39, 0.29) is 11.3 Å². The van der Waals surface area contributed by atoms with E-state index in [1.165, 1.54) is 7.11 Å². The molecule has 0 atom stereocenters. The van der Waals surface area contributed by atoms with E-state index < -0.39 is 0 Å². The van der Waals surface area contributed by atoms with Crippen molar-refractivity contribution in [2.75, 3.05) is 44.7 Å². The maximum absolute atomic E-state index is 11.2. The zero-order valence-electron chi connectivity index (χ0n) is 10.2. The van der Waals surface area contributed by atoms with Crippen LogP contribution in [0, 0.1) is 0 Å². The summed E-state index contributed by atoms with van der Waals surface area (Å²) in [4.78, 5) is 23.4. The lowest BCUT2D eigenvalue weighted by Gasteiger charge is -2.34. The van der Waals surface area contributed by atoms with Crippen LogP contribution in [0.4, 0.5) is 5.82 Å². The quantitative estimate of drug-likeness (QED) is 0.586. The van der Waals surface area contributed by atoms with Crippen LogP contribution in [0.15, 0.2) is 12.3 Å². The smallest absolute Gasteiger partial charge is 0.319 e. The minimum atomic E-state index is -0.200. The summed E-state index contributed by atoms with van der Waals surface area (Å²) in [5, 5.41) is 0.254. The number of halogens is 1. The molecule has 6 nitrogen and oxygen atoms in total. The molecule has 0 aliphatic carbocycles. The summed E-state index contributed by atoms with van der Waals surface area (Å²) in [6, 6.07) is 1.84. The van der Waals surface area contributed by atoms with E-state index in [1.807, 2.05) is 6.07 Å². The predicted octanol–water partition coefficient (Wildman–Crippen LogP) is 0.425. The zero-order chi connectivity index (χ0) is 13.0. The summed E-state index contributed by atoms with van der Waals surface area (Å²) >= 11 is 5.76. The molecule has 1 saturated heterocycles. The first-order chi connectivity index (χ1) is 8.69. The van der Waals surface area contributed by atoms with E-state index in [0.29, 0.717) is 6.54 Å². The van der Waals surface area contributed by atoms with Gasteiger partial charge in [-0.3, -0.25) is 9.69 Å². The molecule has 0 aromatic carbocycles. The standard InChI is InChI=1S/C11H15ClN4O2/c1-18-10(17)8-15-4-6-16(7-5-15)9-2-3-13-11(12)14-9/h2-3H,4-8H2,1H3. The van der Waals surface area contributed by atoms with Crippen LogP contribution in [0.5, 0.6) is 0 Å². The molecule has 7 heteroatoms. The summed E-state index contributed by atoms with van der Waals surface area (Å²) in [6.45, 7) is 3.57. The number of rotatable bonds is 3. The van der Waals surface area contributed by atoms with Crippen molar-refractivity contribution in [1.82, 2.24) is 14.9 Å². The second kappa shape index (κ2) is 5.97. The van der Waals surface area contributed by atoms with E-state index in [2.05, 4.69) is 24.5 Å². The van der Waals surface area contributed by atoms with Gasteiger partial charge in [0.25, 0.3) is 0 Å². The molecule has 0 N–H and O–H groups in total. The van der Waals surface area contributed by atoms with Crippen LogP contribution >= 0.6 is 11.6 Å². The van der Waals surface area contributed by atoms with Gasteiger partial charge in [0.15, 0.2) is 0 Å². The Bertz CT molecular complexity index is 421. The third-order valence-electron chi connectivity index (χ3n) is 2.89. The van der Waals surface area contributed by atoms with E-state index in [0.717, 1.165) is 32.0 Å². The highest BCUT2D eigenvalue weighted by Crippen LogP contribution is 2.14. The number of aromatic nitrogens is 2. The molecule has 0 saturated carbocycles. The van der Waals surface area contributed by atoms with Gasteiger partial charge >= 0.3 is 5.97 Å². The first-order valence-electron chi connectivity index (χ1n) is 5.71. The van der Waals surface area contributed by atoms with Crippen LogP contribution in [-0.2, 0) is 9.53 Å². The molecule has 0 bridgehead atoms. The monoisotopic (exact) mass is 270 g/mol. The molecule has 98 valence electrons. The summed E-state index contributed by atoms with van der Waals surface area (Å²) in [5.41, 5.74) is 0. The maximum atomic E-state index is 11.2. The van der Waals surface area contributed by atoms with Crippen molar-refractivity contribution in [1.29, 1.82) is 0 Å². The molecule has 2 rings (SSSR count). The number of piperazine rings is 1. The summed E-state index contributed by atoms with van der Waals surface area (Å²) in [6.07, 6.45) is 1.64. The molecule has 0 spiro atoms. The van der Waals surface area contributed by atoms with E-state index in [4.69, 9.17) is 11.6 Å². The Morgan fingerprint density at radius 1 is 1.44 bits per heavy atom. The van der Waals surface area contributed by atoms with Crippen molar-refractivity contribution in [3.63, 3.8) is 0 Å². The number of anilines is 1. The normalized spacial score (nSPS) is 16.7. The zero-order valence-corrected chi connectivity index (χ0v) is 10.9. The fraction of sp³-hybridized carbons (Fsp3) is 0.545. The summed E-state index contributed by atoms with van der Waals surface area (Å²) < 4.78 is 4.65. The predicted molar refractivity (Wildman–Crippen MR) is 67.7 cm³/mol. The Morgan fingerprint density at radius 3 is 2.78 bits per heavy atom. The van der Waals surface area contributed by atoms with Crippen molar-refractivity contribution >= 4 is 23.4 Å². The highest BCUT2D eigenvalue weighted by molar-refractivity contribution is 6.28. The summed E-state index contributed by atoms with van der Waals surface area (Å²) in [7, 11) is 1.40. The van der Waals surface area contributed by atoms with Crippen molar-refractivity contribution in [2.45, 2.75) is 0 Å². The van der Waals surface area contributed by atoms with Gasteiger partial charge in [0, 0.05) is 32.4 Å². The van der Waals surface area contributed by atoms with Crippen LogP contribution in [0.1, 0.15) is 0 Å². The van der Waals surface area contributed by atoms with Gasteiger partial charge in [-0.15, -0.1) is 0 Å². The number of esters is 1. The van der Waals surface area contributed by atoms with Crippen LogP contribution in [0.25, 0.3) is 0 Å². The molecule has 1 aromatic heterocycles. The van der Waals surface area contributed by atoms with Gasteiger partial charge in [-0.2, -0.15) is 0 Å². The molecule has 0 amide bonds. The molecular formula is C11H15ClN4O2. The van der Waals surface area contributed by atoms with Crippen molar-refractivity contribution in [3.8, 4) is 0 Å². The maximum Gasteiger partial charge on any atom is 0.319 e. The van der Waals surface area contributed by atoms with Gasteiger partial charge in [0.05, 0.1) is 13.7 Å². The number of methoxy groups -OCH3 is 1. The van der Waals surface area contributed by atoms with E-state index in [9.17, 15) is 4.79 Å². The minimum absolute atomic E-state index is 0.200. The average Bonchev–Trinajstić information content (AvgIpc) is 2.39. The fourth-order valence-electron chi connectivity index (χ4n) is 1.88. The molecule has 18 heavy (non-hydrogen) atoms. The molecule has 1 fully saturated rings. The number of hydrogen-bond donors (Lipinski definition) is 0. The number of ether oxygens (including phenoxy) is 1. The Balaban J connectivity index is 1.88. The van der Waals surface area contributed by atoms with Crippen molar-refractivity contribution < 1.29 is 9.53 Å². The minimum Gasteiger partial charge on any atom is -0.468 e. The second-order valence-corrected chi connectivity index (χ2v) is 4.36. The lowest BCUT2D eigenvalue weighted by molar-refractivity contribution is -0.142. The van der Waals surface area contributed by atoms with E-state index >= 15 is 0 Å². The molecule has 0 unspecified atom stereocenters. The number of carbonyl (C=O) groups excluding carboxylic acids is 1. The highest BCUT2D eigenvalue weighted by atomic mass is 35.5. The van der Waals surface area contributed by atoms with Crippen molar-refractivity contribution in [3.05, 3.63) is 17.5 Å². The van der Waals surface area contributed by atoms with Gasteiger partial charge in [0.1, 0.15) is 5.82 Å². The Hall–Kier alpha value is -1.40. The van der Waals surface area contributed by atoms with Crippen molar-refractivity contribution in [2.24, 2.45) is 0 Å². The number of carbonyl (C=O) groups is 1. The van der Waals surface area contributed by atoms with Crippen LogP contribution in [0.2, 0.25) is 5.28 Å². The molecule has 1 aliphatic heterocycles. The second-order valence-electron chi connectivity index (χ2n) is 4.02. The largest absolute Gasteiger partial charge is 0.468 e. The highest BCUT2D eigenvalue weighted by Gasteiger charge is 2.20. The number of hydrogen-bond acceptors (Lipinski definition) is 6. The lowest BCUT2D eigenvalue weighted by atomic mass is 10.3. The Morgan fingerprint density at radius 2 is 2.17 bits per heavy atom. The number of nitrogens with zero attached hydrogens (tertiary/aromatic N) is 4. The van der Waals surface area contributed by atoms with Crippen LogP contribution in [0.3, 0.4) is 0 Å². The van der Waals surface area contributed by atoms with Crippen LogP contribution < -0.4 is 4.90 Å². The van der Waals surface area contributed by atoms with Crippen LogP contribution in [-0.4, -0.2) is 60.7 Å². The lowest BCUT2D eigenvalue weighted by Crippen LogP contribution is -2.48. The van der Waals surface area contributed by atoms with Gasteiger partial charge in [-0.05, 0) is 17.7 Å². The first-order valence-corrected chi connectivity index (χ1v) is 6.09. The Labute approximate surface area is 111 Å². The molecule has 1 aromatic rings. The van der Waals surface area contributed by atoms with Gasteiger partial charge in [-0.25, -0.2) is 9.97 Å². The Kier molecular flexibility index (Phi) is 4.33. The van der Waals surface area contributed by atoms with Gasteiger partial charge in [0.2, 0.25) is 5.28 Å². The third kappa shape index (κ3) is 3.30. The first kappa shape index (κ1) is 13.0. The average molecular weight is 271 g/mol. The van der Waals surface area contributed by atoms with Gasteiger partial charge in [-0.1, -0.05) is 0 Å². The molecule has 0 radical (unpaired) electrons. The third-order valence-corrected chi connectivity index (χ3v) is 3.07. The molecule has 1 aliphatic rings. The topological polar surface area (TPSA) is 58.6 Å².